The van der Waals surface area contributed by atoms with Gasteiger partial charge in [0, 0.05) is 29.1 Å². The number of aromatic amines is 1. The van der Waals surface area contributed by atoms with E-state index in [1.54, 1.807) is 12.1 Å². The van der Waals surface area contributed by atoms with Gasteiger partial charge in [-0.1, -0.05) is 0 Å². The van der Waals surface area contributed by atoms with Gasteiger partial charge in [0.05, 0.1) is 0 Å². The van der Waals surface area contributed by atoms with Crippen molar-refractivity contribution in [3.05, 3.63) is 53.7 Å². The average Bonchev–Trinajstić information content (AvgIpc) is 2.92. The third-order valence-electron chi connectivity index (χ3n) is 3.90. The number of carbonyl (C=O) groups excluding carboxylic acids is 1. The molecule has 1 aromatic heterocycles. The van der Waals surface area contributed by atoms with Crippen molar-refractivity contribution in [2.24, 2.45) is 0 Å². The van der Waals surface area contributed by atoms with Gasteiger partial charge in [-0.05, 0) is 54.8 Å². The Kier molecular flexibility index (Phi) is 3.93. The van der Waals surface area contributed by atoms with Crippen molar-refractivity contribution in [2.75, 3.05) is 0 Å². The van der Waals surface area contributed by atoms with Crippen LogP contribution in [0.25, 0.3) is 10.9 Å². The molecule has 0 aliphatic carbocycles. The number of carbonyl (C=O) groups is 1. The molecule has 0 atom stereocenters. The molecule has 3 rings (SSSR count). The summed E-state index contributed by atoms with van der Waals surface area (Å²) < 4.78 is 0. The molecule has 0 aliphatic rings. The van der Waals surface area contributed by atoms with Crippen molar-refractivity contribution in [1.29, 1.82) is 0 Å². The molecule has 0 radical (unpaired) electrons. The Labute approximate surface area is 132 Å². The van der Waals surface area contributed by atoms with Crippen LogP contribution >= 0.6 is 0 Å². The molecule has 118 valence electrons. The Morgan fingerprint density at radius 3 is 2.61 bits per heavy atom. The highest BCUT2D eigenvalue weighted by atomic mass is 16.3. The monoisotopic (exact) mass is 311 g/mol. The maximum atomic E-state index is 12.1. The van der Waals surface area contributed by atoms with Gasteiger partial charge in [-0.25, -0.2) is 0 Å². The number of phenols is 3. The van der Waals surface area contributed by atoms with Crippen molar-refractivity contribution in [3.8, 4) is 17.2 Å². The lowest BCUT2D eigenvalue weighted by molar-refractivity contribution is 0.0980. The quantitative estimate of drug-likeness (QED) is 0.428. The van der Waals surface area contributed by atoms with Gasteiger partial charge in [0.25, 0.3) is 0 Å². The van der Waals surface area contributed by atoms with Crippen molar-refractivity contribution in [2.45, 2.75) is 19.3 Å². The summed E-state index contributed by atoms with van der Waals surface area (Å²) in [5.74, 6) is -0.389. The van der Waals surface area contributed by atoms with E-state index >= 15 is 0 Å². The highest BCUT2D eigenvalue weighted by Gasteiger charge is 2.10. The number of H-pyrrole nitrogens is 1. The predicted octanol–water partition coefficient (Wildman–Crippen LogP) is 3.49. The van der Waals surface area contributed by atoms with Crippen LogP contribution < -0.4 is 0 Å². The van der Waals surface area contributed by atoms with E-state index < -0.39 is 0 Å². The topological polar surface area (TPSA) is 93.6 Å². The Morgan fingerprint density at radius 2 is 1.83 bits per heavy atom. The number of phenolic OH excluding ortho intramolecular Hbond substituents is 3. The summed E-state index contributed by atoms with van der Waals surface area (Å²) in [6.07, 6.45) is 3.60. The molecule has 0 saturated heterocycles. The summed E-state index contributed by atoms with van der Waals surface area (Å²) in [6.45, 7) is 0. The number of Topliss-reactive ketones (excluding diaryl/α,β-unsaturated/α-hetero) is 1. The first-order chi connectivity index (χ1) is 11.0. The number of benzene rings is 2. The summed E-state index contributed by atoms with van der Waals surface area (Å²) in [4.78, 5) is 15.3. The van der Waals surface area contributed by atoms with E-state index in [-0.39, 0.29) is 23.0 Å². The third-order valence-corrected chi connectivity index (χ3v) is 3.90. The van der Waals surface area contributed by atoms with Gasteiger partial charge in [-0.15, -0.1) is 0 Å². The van der Waals surface area contributed by atoms with Crippen LogP contribution in [0.2, 0.25) is 0 Å². The number of aryl methyl sites for hydroxylation is 1. The lowest BCUT2D eigenvalue weighted by atomic mass is 10.0. The molecule has 0 bridgehead atoms. The molecule has 5 nitrogen and oxygen atoms in total. The van der Waals surface area contributed by atoms with Crippen molar-refractivity contribution in [1.82, 2.24) is 4.98 Å². The van der Waals surface area contributed by atoms with E-state index in [1.807, 2.05) is 12.3 Å². The molecule has 0 unspecified atom stereocenters. The van der Waals surface area contributed by atoms with Crippen LogP contribution in [0.4, 0.5) is 0 Å². The summed E-state index contributed by atoms with van der Waals surface area (Å²) in [7, 11) is 0. The fourth-order valence-corrected chi connectivity index (χ4v) is 2.65. The summed E-state index contributed by atoms with van der Waals surface area (Å²) in [5.41, 5.74) is 2.39. The minimum atomic E-state index is -0.289. The van der Waals surface area contributed by atoms with Crippen LogP contribution in [0.1, 0.15) is 28.8 Å². The second-order valence-corrected chi connectivity index (χ2v) is 5.52. The number of fused-ring (bicyclic) bond motifs is 1. The third kappa shape index (κ3) is 3.13. The van der Waals surface area contributed by atoms with E-state index in [1.165, 1.54) is 18.2 Å². The lowest BCUT2D eigenvalue weighted by Gasteiger charge is -2.03. The molecule has 1 heterocycles. The molecule has 5 heteroatoms. The number of aromatic nitrogens is 1. The number of ketones is 1. The normalized spacial score (nSPS) is 11.0. The molecule has 3 aromatic rings. The molecule has 4 N–H and O–H groups in total. The van der Waals surface area contributed by atoms with E-state index in [0.29, 0.717) is 24.8 Å². The number of aromatic hydroxyl groups is 3. The fourth-order valence-electron chi connectivity index (χ4n) is 2.65. The fraction of sp³-hybridized carbons (Fsp3) is 0.167. The number of hydrogen-bond donors (Lipinski definition) is 4. The van der Waals surface area contributed by atoms with Gasteiger partial charge in [-0.2, -0.15) is 0 Å². The molecular formula is C18H17NO4. The zero-order chi connectivity index (χ0) is 16.4. The van der Waals surface area contributed by atoms with Gasteiger partial charge in [-0.3, -0.25) is 4.79 Å². The molecule has 0 aliphatic heterocycles. The van der Waals surface area contributed by atoms with Crippen molar-refractivity contribution in [3.63, 3.8) is 0 Å². The highest BCUT2D eigenvalue weighted by Crippen LogP contribution is 2.27. The first-order valence-electron chi connectivity index (χ1n) is 7.39. The van der Waals surface area contributed by atoms with Crippen LogP contribution in [0.3, 0.4) is 0 Å². The molecule has 0 amide bonds. The van der Waals surface area contributed by atoms with Crippen molar-refractivity contribution >= 4 is 16.7 Å². The second kappa shape index (κ2) is 6.04. The van der Waals surface area contributed by atoms with Crippen LogP contribution in [0.15, 0.2) is 42.6 Å². The zero-order valence-electron chi connectivity index (χ0n) is 12.4. The summed E-state index contributed by atoms with van der Waals surface area (Å²) >= 11 is 0. The largest absolute Gasteiger partial charge is 0.508 e. The first-order valence-corrected chi connectivity index (χ1v) is 7.39. The standard InChI is InChI=1S/C18H17NO4/c20-13-5-6-15-14(9-13)12(10-19-15)2-1-3-16(21)11-4-7-17(22)18(23)8-11/h4-10,19-20,22-23H,1-3H2. The minimum absolute atomic E-state index is 0.0806. The minimum Gasteiger partial charge on any atom is -0.508 e. The van der Waals surface area contributed by atoms with Crippen LogP contribution in [0, 0.1) is 0 Å². The lowest BCUT2D eigenvalue weighted by Crippen LogP contribution is -1.99. The maximum absolute atomic E-state index is 12.1. The van der Waals surface area contributed by atoms with Gasteiger partial charge in [0.15, 0.2) is 17.3 Å². The first kappa shape index (κ1) is 15.0. The van der Waals surface area contributed by atoms with Crippen molar-refractivity contribution < 1.29 is 20.1 Å². The van der Waals surface area contributed by atoms with Gasteiger partial charge in [0.1, 0.15) is 5.75 Å². The Hall–Kier alpha value is -2.95. The van der Waals surface area contributed by atoms with Gasteiger partial charge >= 0.3 is 0 Å². The molecule has 23 heavy (non-hydrogen) atoms. The maximum Gasteiger partial charge on any atom is 0.163 e. The molecular weight excluding hydrogens is 294 g/mol. The zero-order valence-corrected chi connectivity index (χ0v) is 12.4. The van der Waals surface area contributed by atoms with E-state index in [4.69, 9.17) is 0 Å². The predicted molar refractivity (Wildman–Crippen MR) is 87.0 cm³/mol. The number of hydrogen-bond acceptors (Lipinski definition) is 4. The van der Waals surface area contributed by atoms with Crippen LogP contribution in [0.5, 0.6) is 17.2 Å². The molecule has 0 spiro atoms. The van der Waals surface area contributed by atoms with Gasteiger partial charge < -0.3 is 20.3 Å². The summed E-state index contributed by atoms with van der Waals surface area (Å²) in [5, 5.41) is 29.2. The van der Waals surface area contributed by atoms with Crippen LogP contribution in [-0.4, -0.2) is 26.1 Å². The Morgan fingerprint density at radius 1 is 1.00 bits per heavy atom. The Balaban J connectivity index is 1.65. The smallest absolute Gasteiger partial charge is 0.163 e. The average molecular weight is 311 g/mol. The van der Waals surface area contributed by atoms with E-state index in [0.717, 1.165) is 16.5 Å². The van der Waals surface area contributed by atoms with E-state index in [2.05, 4.69) is 4.98 Å². The molecule has 0 saturated carbocycles. The molecule has 0 fully saturated rings. The van der Waals surface area contributed by atoms with Gasteiger partial charge in [0.2, 0.25) is 0 Å². The Bertz CT molecular complexity index is 867. The molecule has 2 aromatic carbocycles. The summed E-state index contributed by atoms with van der Waals surface area (Å²) in [6, 6.07) is 9.25. The number of rotatable bonds is 5. The number of nitrogens with one attached hydrogen (secondary N) is 1. The van der Waals surface area contributed by atoms with E-state index in [9.17, 15) is 20.1 Å². The SMILES string of the molecule is O=C(CCCc1c[nH]c2ccc(O)cc12)c1ccc(O)c(O)c1. The highest BCUT2D eigenvalue weighted by molar-refractivity contribution is 5.96. The second-order valence-electron chi connectivity index (χ2n) is 5.52. The van der Waals surface area contributed by atoms with Crippen LogP contribution in [-0.2, 0) is 6.42 Å².